The SMILES string of the molecule is CCOC(=O)C1=C(C(=O)OCC)C23C(=O)c4ccccc4C2(O)C(C(=O)OCC)=C(C(=O)OCC)N3C1Cc1ccccc1. The molecule has 2 heterocycles. The van der Waals surface area contributed by atoms with Crippen molar-refractivity contribution in [2.45, 2.75) is 51.3 Å². The van der Waals surface area contributed by atoms with Crippen molar-refractivity contribution < 1.29 is 48.0 Å². The molecule has 0 radical (unpaired) electrons. The van der Waals surface area contributed by atoms with Gasteiger partial charge in [0.2, 0.25) is 0 Å². The molecule has 0 fully saturated rings. The number of ketones is 1. The van der Waals surface area contributed by atoms with Crippen molar-refractivity contribution in [1.29, 1.82) is 0 Å². The van der Waals surface area contributed by atoms with Gasteiger partial charge in [0.15, 0.2) is 16.9 Å². The second-order valence-electron chi connectivity index (χ2n) is 10.3. The highest BCUT2D eigenvalue weighted by molar-refractivity contribution is 6.24. The standard InChI is InChI=1S/C33H33NO10/c1-5-41-28(36)23-22(18-19-14-10-9-11-15-19)34-26(31(39)44-8-4)25(30(38)43-7-3)33(40)21-17-13-12-16-20(21)27(35)32(33,34)24(23)29(37)42-6-2/h9-17,22,40H,5-8,18H2,1-4H3. The molecule has 2 aliphatic heterocycles. The summed E-state index contributed by atoms with van der Waals surface area (Å²) in [4.78, 5) is 71.7. The number of nitrogens with zero attached hydrogens (tertiary/aromatic N) is 1. The first-order chi connectivity index (χ1) is 21.2. The molecule has 0 saturated heterocycles. The highest BCUT2D eigenvalue weighted by Gasteiger charge is 2.81. The van der Waals surface area contributed by atoms with Crippen LogP contribution in [0.5, 0.6) is 0 Å². The minimum Gasteiger partial charge on any atom is -0.463 e. The molecule has 0 aromatic heterocycles. The largest absolute Gasteiger partial charge is 0.463 e. The van der Waals surface area contributed by atoms with Crippen LogP contribution in [0.2, 0.25) is 0 Å². The van der Waals surface area contributed by atoms with E-state index < -0.39 is 63.7 Å². The number of hydrogen-bond acceptors (Lipinski definition) is 11. The number of fused-ring (bicyclic) bond motifs is 2. The van der Waals surface area contributed by atoms with Crippen LogP contribution in [0.4, 0.5) is 0 Å². The first-order valence-electron chi connectivity index (χ1n) is 14.5. The summed E-state index contributed by atoms with van der Waals surface area (Å²) in [6.45, 7) is 5.78. The topological polar surface area (TPSA) is 146 Å². The van der Waals surface area contributed by atoms with Crippen molar-refractivity contribution >= 4 is 29.7 Å². The van der Waals surface area contributed by atoms with E-state index >= 15 is 0 Å². The first-order valence-corrected chi connectivity index (χ1v) is 14.5. The molecule has 2 aromatic carbocycles. The van der Waals surface area contributed by atoms with Crippen LogP contribution in [0, 0.1) is 0 Å². The van der Waals surface area contributed by atoms with Crippen molar-refractivity contribution in [2.75, 3.05) is 26.4 Å². The van der Waals surface area contributed by atoms with E-state index in [0.717, 1.165) is 0 Å². The van der Waals surface area contributed by atoms with Gasteiger partial charge in [0.05, 0.1) is 43.6 Å². The Balaban J connectivity index is 1.97. The van der Waals surface area contributed by atoms with Crippen LogP contribution >= 0.6 is 0 Å². The van der Waals surface area contributed by atoms with E-state index in [4.69, 9.17) is 18.9 Å². The van der Waals surface area contributed by atoms with Crippen molar-refractivity contribution in [3.63, 3.8) is 0 Å². The van der Waals surface area contributed by atoms with Crippen molar-refractivity contribution in [1.82, 2.24) is 4.90 Å². The summed E-state index contributed by atoms with van der Waals surface area (Å²) in [5.74, 6) is -4.96. The summed E-state index contributed by atoms with van der Waals surface area (Å²) in [7, 11) is 0. The van der Waals surface area contributed by atoms with Crippen LogP contribution in [-0.2, 0) is 50.1 Å². The van der Waals surface area contributed by atoms with Crippen LogP contribution in [-0.4, -0.2) is 77.7 Å². The van der Waals surface area contributed by atoms with Crippen LogP contribution < -0.4 is 0 Å². The Morgan fingerprint density at radius 1 is 0.727 bits per heavy atom. The minimum atomic E-state index is -2.67. The average molecular weight is 604 g/mol. The zero-order chi connectivity index (χ0) is 31.8. The van der Waals surface area contributed by atoms with Crippen LogP contribution in [0.15, 0.2) is 77.0 Å². The highest BCUT2D eigenvalue weighted by atomic mass is 16.5. The Morgan fingerprint density at radius 2 is 1.25 bits per heavy atom. The molecule has 2 aromatic rings. The smallest absolute Gasteiger partial charge is 0.355 e. The summed E-state index contributed by atoms with van der Waals surface area (Å²) in [5, 5.41) is 13.0. The zero-order valence-electron chi connectivity index (χ0n) is 24.9. The van der Waals surface area contributed by atoms with E-state index in [1.54, 1.807) is 70.2 Å². The summed E-state index contributed by atoms with van der Waals surface area (Å²) >= 11 is 0. The molecule has 11 heteroatoms. The molecule has 0 bridgehead atoms. The van der Waals surface area contributed by atoms with Crippen molar-refractivity contribution in [3.8, 4) is 0 Å². The fraction of sp³-hybridized carbons (Fsp3) is 0.364. The Bertz CT molecular complexity index is 1610. The van der Waals surface area contributed by atoms with Gasteiger partial charge >= 0.3 is 23.9 Å². The molecule has 1 spiro atoms. The summed E-state index contributed by atoms with van der Waals surface area (Å²) in [6.07, 6.45) is -0.0294. The maximum Gasteiger partial charge on any atom is 0.355 e. The number of esters is 4. The van der Waals surface area contributed by atoms with Gasteiger partial charge in [0.25, 0.3) is 0 Å². The Kier molecular flexibility index (Phi) is 8.17. The first kappa shape index (κ1) is 30.7. The molecule has 1 aliphatic carbocycles. The third-order valence-electron chi connectivity index (χ3n) is 8.09. The summed E-state index contributed by atoms with van der Waals surface area (Å²) in [6, 6.07) is 13.6. The molecule has 0 amide bonds. The fourth-order valence-corrected chi connectivity index (χ4v) is 6.69. The lowest BCUT2D eigenvalue weighted by Crippen LogP contribution is -2.61. The third kappa shape index (κ3) is 4.10. The maximum atomic E-state index is 14.9. The quantitative estimate of drug-likeness (QED) is 0.316. The molecule has 0 saturated carbocycles. The molecule has 1 N–H and O–H groups in total. The molecular weight excluding hydrogens is 570 g/mol. The van der Waals surface area contributed by atoms with Gasteiger partial charge in [-0.05, 0) is 39.7 Å². The molecule has 3 unspecified atom stereocenters. The van der Waals surface area contributed by atoms with Gasteiger partial charge in [-0.3, -0.25) is 4.79 Å². The van der Waals surface area contributed by atoms with Gasteiger partial charge < -0.3 is 29.0 Å². The molecule has 11 nitrogen and oxygen atoms in total. The zero-order valence-corrected chi connectivity index (χ0v) is 24.9. The number of Topliss-reactive ketones (excluding diaryl/α,β-unsaturated/α-hetero) is 1. The highest BCUT2D eigenvalue weighted by Crippen LogP contribution is 2.65. The number of carbonyl (C=O) groups is 5. The van der Waals surface area contributed by atoms with Crippen molar-refractivity contribution in [2.24, 2.45) is 0 Å². The Hall–Kier alpha value is -4.77. The van der Waals surface area contributed by atoms with E-state index in [2.05, 4.69) is 0 Å². The predicted octanol–water partition coefficient (Wildman–Crippen LogP) is 2.55. The lowest BCUT2D eigenvalue weighted by molar-refractivity contribution is -0.145. The van der Waals surface area contributed by atoms with E-state index in [1.165, 1.54) is 17.0 Å². The Labute approximate surface area is 254 Å². The van der Waals surface area contributed by atoms with E-state index in [0.29, 0.717) is 5.56 Å². The van der Waals surface area contributed by atoms with Gasteiger partial charge in [-0.2, -0.15) is 0 Å². The number of rotatable bonds is 10. The molecule has 230 valence electrons. The summed E-state index contributed by atoms with van der Waals surface area (Å²) in [5.41, 5.74) is -6.38. The number of aliphatic hydroxyl groups is 1. The number of benzene rings is 2. The minimum absolute atomic E-state index is 0.00456. The molecule has 3 aliphatic rings. The van der Waals surface area contributed by atoms with Crippen LogP contribution in [0.3, 0.4) is 0 Å². The van der Waals surface area contributed by atoms with Crippen LogP contribution in [0.25, 0.3) is 0 Å². The number of carbonyl (C=O) groups excluding carboxylic acids is 5. The number of ether oxygens (including phenoxy) is 4. The lowest BCUT2D eigenvalue weighted by Gasteiger charge is -2.41. The molecule has 44 heavy (non-hydrogen) atoms. The van der Waals surface area contributed by atoms with Gasteiger partial charge in [-0.1, -0.05) is 54.6 Å². The van der Waals surface area contributed by atoms with E-state index in [9.17, 15) is 29.1 Å². The second kappa shape index (κ2) is 11.7. The molecule has 5 rings (SSSR count). The van der Waals surface area contributed by atoms with E-state index in [-0.39, 0.29) is 49.5 Å². The monoisotopic (exact) mass is 603 g/mol. The predicted molar refractivity (Wildman–Crippen MR) is 154 cm³/mol. The third-order valence-corrected chi connectivity index (χ3v) is 8.09. The van der Waals surface area contributed by atoms with Gasteiger partial charge in [0, 0.05) is 11.1 Å². The van der Waals surface area contributed by atoms with E-state index in [1.807, 2.05) is 0 Å². The van der Waals surface area contributed by atoms with Gasteiger partial charge in [0.1, 0.15) is 11.3 Å². The van der Waals surface area contributed by atoms with Gasteiger partial charge in [-0.15, -0.1) is 0 Å². The second-order valence-corrected chi connectivity index (χ2v) is 10.3. The van der Waals surface area contributed by atoms with Crippen molar-refractivity contribution in [3.05, 3.63) is 93.7 Å². The molecular formula is C33H33NO10. The molecule has 3 atom stereocenters. The van der Waals surface area contributed by atoms with Gasteiger partial charge in [-0.25, -0.2) is 19.2 Å². The van der Waals surface area contributed by atoms with Crippen LogP contribution in [0.1, 0.15) is 49.2 Å². The Morgan fingerprint density at radius 3 is 1.86 bits per heavy atom. The summed E-state index contributed by atoms with van der Waals surface area (Å²) < 4.78 is 21.6. The number of hydrogen-bond donors (Lipinski definition) is 1. The average Bonchev–Trinajstić information content (AvgIpc) is 3.51. The maximum absolute atomic E-state index is 14.9. The normalized spacial score (nSPS) is 23.2. The fourth-order valence-electron chi connectivity index (χ4n) is 6.69. The lowest BCUT2D eigenvalue weighted by atomic mass is 9.72.